The number of halogens is 1. The van der Waals surface area contributed by atoms with E-state index in [4.69, 9.17) is 9.68 Å². The molecule has 0 saturated carbocycles. The molecule has 0 unspecified atom stereocenters. The standard InChI is InChI=1S/C15H10IN3O5/c16-12-5-9(6-13(14(12)20)19(22)23)4-10(7-17)15(21)18-8-11-2-1-3-24-11/h1-6,20H,8H2,(H,18,21)/b10-4+. The first-order valence-corrected chi connectivity index (χ1v) is 7.59. The number of nitrogens with zero attached hydrogens (tertiary/aromatic N) is 2. The van der Waals surface area contributed by atoms with Crippen molar-refractivity contribution in [2.75, 3.05) is 0 Å². The number of carbonyl (C=O) groups is 1. The fourth-order valence-electron chi connectivity index (χ4n) is 1.82. The Labute approximate surface area is 149 Å². The summed E-state index contributed by atoms with van der Waals surface area (Å²) in [5.41, 5.74) is -0.465. The number of rotatable bonds is 5. The van der Waals surface area contributed by atoms with Gasteiger partial charge < -0.3 is 14.8 Å². The molecule has 24 heavy (non-hydrogen) atoms. The van der Waals surface area contributed by atoms with Crippen LogP contribution in [0.1, 0.15) is 11.3 Å². The molecular weight excluding hydrogens is 429 g/mol. The van der Waals surface area contributed by atoms with Crippen molar-refractivity contribution < 1.29 is 19.2 Å². The average molecular weight is 439 g/mol. The number of nitro groups is 1. The number of phenols is 1. The van der Waals surface area contributed by atoms with Gasteiger partial charge in [0, 0.05) is 6.07 Å². The van der Waals surface area contributed by atoms with Gasteiger partial charge in [-0.25, -0.2) is 0 Å². The molecule has 0 aliphatic heterocycles. The molecule has 0 saturated heterocycles. The molecule has 0 atom stereocenters. The molecule has 2 aromatic rings. The lowest BCUT2D eigenvalue weighted by atomic mass is 10.1. The third-order valence-electron chi connectivity index (χ3n) is 2.94. The number of phenolic OH excluding ortho intramolecular Hbond substituents is 1. The summed E-state index contributed by atoms with van der Waals surface area (Å²) in [5, 5.41) is 32.2. The lowest BCUT2D eigenvalue weighted by molar-refractivity contribution is -0.386. The third kappa shape index (κ3) is 4.11. The molecule has 1 aromatic heterocycles. The van der Waals surface area contributed by atoms with E-state index in [0.717, 1.165) is 6.07 Å². The van der Waals surface area contributed by atoms with E-state index in [2.05, 4.69) is 5.32 Å². The van der Waals surface area contributed by atoms with E-state index in [9.17, 15) is 20.0 Å². The summed E-state index contributed by atoms with van der Waals surface area (Å²) >= 11 is 1.73. The molecule has 0 spiro atoms. The van der Waals surface area contributed by atoms with Gasteiger partial charge in [0.1, 0.15) is 17.4 Å². The van der Waals surface area contributed by atoms with Crippen LogP contribution in [0.4, 0.5) is 5.69 Å². The Hall–Kier alpha value is -2.87. The maximum atomic E-state index is 12.0. The monoisotopic (exact) mass is 439 g/mol. The van der Waals surface area contributed by atoms with Crippen LogP contribution in [0.25, 0.3) is 6.08 Å². The normalized spacial score (nSPS) is 10.9. The minimum Gasteiger partial charge on any atom is -0.501 e. The Bertz CT molecular complexity index is 853. The summed E-state index contributed by atoms with van der Waals surface area (Å²) in [6, 6.07) is 7.60. The predicted octanol–water partition coefficient (Wildman–Crippen LogP) is 2.72. The Balaban J connectivity index is 2.25. The van der Waals surface area contributed by atoms with Gasteiger partial charge in [0.25, 0.3) is 5.91 Å². The van der Waals surface area contributed by atoms with Gasteiger partial charge in [-0.2, -0.15) is 5.26 Å². The van der Waals surface area contributed by atoms with Crippen LogP contribution in [-0.2, 0) is 11.3 Å². The van der Waals surface area contributed by atoms with Crippen molar-refractivity contribution >= 4 is 40.3 Å². The molecule has 1 amide bonds. The number of hydrogen-bond acceptors (Lipinski definition) is 6. The highest BCUT2D eigenvalue weighted by molar-refractivity contribution is 14.1. The summed E-state index contributed by atoms with van der Waals surface area (Å²) < 4.78 is 5.30. The molecule has 0 radical (unpaired) electrons. The first kappa shape index (κ1) is 17.5. The Morgan fingerprint density at radius 2 is 2.29 bits per heavy atom. The number of nitriles is 1. The van der Waals surface area contributed by atoms with Crippen molar-refractivity contribution in [3.63, 3.8) is 0 Å². The first-order valence-electron chi connectivity index (χ1n) is 6.51. The molecule has 122 valence electrons. The van der Waals surface area contributed by atoms with Crippen molar-refractivity contribution in [3.8, 4) is 11.8 Å². The summed E-state index contributed by atoms with van der Waals surface area (Å²) in [6.45, 7) is 0.109. The fourth-order valence-corrected chi connectivity index (χ4v) is 2.45. The van der Waals surface area contributed by atoms with Crippen LogP contribution < -0.4 is 5.32 Å². The van der Waals surface area contributed by atoms with E-state index in [1.807, 2.05) is 0 Å². The second-order valence-corrected chi connectivity index (χ2v) is 5.72. The quantitative estimate of drug-likeness (QED) is 0.242. The van der Waals surface area contributed by atoms with Crippen molar-refractivity contribution in [1.82, 2.24) is 5.32 Å². The summed E-state index contributed by atoms with van der Waals surface area (Å²) in [7, 11) is 0. The maximum absolute atomic E-state index is 12.0. The van der Waals surface area contributed by atoms with E-state index >= 15 is 0 Å². The predicted molar refractivity (Wildman–Crippen MR) is 91.6 cm³/mol. The molecule has 0 bridgehead atoms. The third-order valence-corrected chi connectivity index (χ3v) is 3.76. The summed E-state index contributed by atoms with van der Waals surface area (Å²) in [4.78, 5) is 22.2. The molecule has 8 nitrogen and oxygen atoms in total. The topological polar surface area (TPSA) is 129 Å². The van der Waals surface area contributed by atoms with Gasteiger partial charge in [-0.15, -0.1) is 0 Å². The van der Waals surface area contributed by atoms with Crippen LogP contribution in [0.2, 0.25) is 0 Å². The molecule has 0 fully saturated rings. The molecular formula is C15H10IN3O5. The van der Waals surface area contributed by atoms with E-state index < -0.39 is 22.3 Å². The minimum atomic E-state index is -0.738. The van der Waals surface area contributed by atoms with Gasteiger partial charge >= 0.3 is 5.69 Å². The number of carbonyl (C=O) groups excluding carboxylic acids is 1. The van der Waals surface area contributed by atoms with Crippen LogP contribution in [0.3, 0.4) is 0 Å². The van der Waals surface area contributed by atoms with Crippen LogP contribution in [0, 0.1) is 25.0 Å². The number of furan rings is 1. The van der Waals surface area contributed by atoms with Crippen LogP contribution in [-0.4, -0.2) is 15.9 Å². The molecule has 1 heterocycles. The van der Waals surface area contributed by atoms with E-state index in [0.29, 0.717) is 5.76 Å². The van der Waals surface area contributed by atoms with Gasteiger partial charge in [-0.1, -0.05) is 0 Å². The SMILES string of the molecule is N#C/C(=C\c1cc(I)c(O)c([N+](=O)[O-])c1)C(=O)NCc1ccco1. The fraction of sp³-hybridized carbons (Fsp3) is 0.0667. The van der Waals surface area contributed by atoms with Gasteiger partial charge in [-0.05, 0) is 52.4 Å². The molecule has 1 aromatic carbocycles. The lowest BCUT2D eigenvalue weighted by Crippen LogP contribution is -2.23. The van der Waals surface area contributed by atoms with Crippen LogP contribution in [0.5, 0.6) is 5.75 Å². The Morgan fingerprint density at radius 1 is 1.54 bits per heavy atom. The average Bonchev–Trinajstić information content (AvgIpc) is 3.06. The zero-order valence-electron chi connectivity index (χ0n) is 12.0. The van der Waals surface area contributed by atoms with E-state index in [-0.39, 0.29) is 21.3 Å². The number of hydrogen-bond donors (Lipinski definition) is 2. The second kappa shape index (κ2) is 7.60. The first-order chi connectivity index (χ1) is 11.4. The highest BCUT2D eigenvalue weighted by atomic mass is 127. The van der Waals surface area contributed by atoms with Crippen molar-refractivity contribution in [2.24, 2.45) is 0 Å². The number of nitrogens with one attached hydrogen (secondary N) is 1. The second-order valence-electron chi connectivity index (χ2n) is 4.56. The van der Waals surface area contributed by atoms with E-state index in [1.165, 1.54) is 18.4 Å². The molecule has 0 aliphatic carbocycles. The summed E-state index contributed by atoms with van der Waals surface area (Å²) in [5.74, 6) is -0.575. The highest BCUT2D eigenvalue weighted by Gasteiger charge is 2.18. The van der Waals surface area contributed by atoms with Gasteiger partial charge in [0.15, 0.2) is 0 Å². The Morgan fingerprint density at radius 3 is 2.88 bits per heavy atom. The van der Waals surface area contributed by atoms with E-state index in [1.54, 1.807) is 40.8 Å². The zero-order chi connectivity index (χ0) is 17.7. The van der Waals surface area contributed by atoms with Crippen molar-refractivity contribution in [3.05, 3.63) is 61.1 Å². The minimum absolute atomic E-state index is 0.109. The smallest absolute Gasteiger partial charge is 0.312 e. The van der Waals surface area contributed by atoms with Crippen LogP contribution in [0.15, 0.2) is 40.5 Å². The highest BCUT2D eigenvalue weighted by Crippen LogP contribution is 2.32. The summed E-state index contributed by atoms with van der Waals surface area (Å²) in [6.07, 6.45) is 2.67. The lowest BCUT2D eigenvalue weighted by Gasteiger charge is -2.04. The number of amides is 1. The number of benzene rings is 1. The van der Waals surface area contributed by atoms with Gasteiger partial charge in [0.2, 0.25) is 5.75 Å². The molecule has 2 rings (SSSR count). The van der Waals surface area contributed by atoms with Crippen molar-refractivity contribution in [2.45, 2.75) is 6.54 Å². The zero-order valence-corrected chi connectivity index (χ0v) is 14.2. The Kier molecular flexibility index (Phi) is 5.54. The number of nitro benzene ring substituents is 1. The molecule has 2 N–H and O–H groups in total. The molecule has 0 aliphatic rings. The van der Waals surface area contributed by atoms with Gasteiger partial charge in [0.05, 0.1) is 21.3 Å². The molecule has 9 heteroatoms. The number of aromatic hydroxyl groups is 1. The maximum Gasteiger partial charge on any atom is 0.312 e. The van der Waals surface area contributed by atoms with Crippen molar-refractivity contribution in [1.29, 1.82) is 5.26 Å². The van der Waals surface area contributed by atoms with Crippen LogP contribution >= 0.6 is 22.6 Å². The largest absolute Gasteiger partial charge is 0.501 e. The van der Waals surface area contributed by atoms with Gasteiger partial charge in [-0.3, -0.25) is 14.9 Å².